The van der Waals surface area contributed by atoms with E-state index >= 15 is 0 Å². The van der Waals surface area contributed by atoms with Crippen molar-refractivity contribution in [1.29, 1.82) is 0 Å². The molecule has 0 saturated heterocycles. The lowest BCUT2D eigenvalue weighted by atomic mass is 9.61. The zero-order chi connectivity index (χ0) is 32.0. The summed E-state index contributed by atoms with van der Waals surface area (Å²) in [6.07, 6.45) is 0.520. The maximum atomic E-state index is 13.6. The second-order valence-electron chi connectivity index (χ2n) is 13.3. The highest BCUT2D eigenvalue weighted by molar-refractivity contribution is 6.22. The van der Waals surface area contributed by atoms with E-state index < -0.39 is 11.1 Å². The largest absolute Gasteiger partial charge is 0.390 e. The Morgan fingerprint density at radius 3 is 2.02 bits per heavy atom. The molecule has 3 aromatic heterocycles. The van der Waals surface area contributed by atoms with Crippen LogP contribution in [0.25, 0.3) is 39.1 Å². The molecule has 0 radical (unpaired) electrons. The highest BCUT2D eigenvalue weighted by Crippen LogP contribution is 2.54. The number of hydrogen-bond acceptors (Lipinski definition) is 6. The third-order valence-corrected chi connectivity index (χ3v) is 9.53. The number of hydrogen-bond donors (Lipinski definition) is 1. The Kier molecular flexibility index (Phi) is 6.08. The lowest BCUT2D eigenvalue weighted by Crippen LogP contribution is -2.63. The van der Waals surface area contributed by atoms with Crippen LogP contribution < -0.4 is 0 Å². The van der Waals surface area contributed by atoms with Crippen LogP contribution in [0.4, 0.5) is 0 Å². The van der Waals surface area contributed by atoms with Crippen LogP contribution in [0.1, 0.15) is 77.2 Å². The number of pyridine rings is 1. The summed E-state index contributed by atoms with van der Waals surface area (Å²) in [6.45, 7) is 7.98. The van der Waals surface area contributed by atoms with Crippen molar-refractivity contribution in [2.75, 3.05) is 0 Å². The highest BCUT2D eigenvalue weighted by atomic mass is 16.3. The molecule has 8 nitrogen and oxygen atoms in total. The Labute approximate surface area is 266 Å². The standard InChI is InChI=1S/C38H33N5O3/c1-22(2)31-19-32-39-23(3)29-18-30(24-10-6-5-7-11-24)33(40-34(29)43(32)41-31)25-14-16-26(17-15-25)38(20-37(4,46)21-38)42-35(44)27-12-8-9-13-28(27)36(42)45/h5-19,22,46H,20-21H2,1-4H3/t37-,38+. The summed E-state index contributed by atoms with van der Waals surface area (Å²) >= 11 is 0. The molecule has 1 aliphatic heterocycles. The van der Waals surface area contributed by atoms with Gasteiger partial charge in [0.15, 0.2) is 11.3 Å². The number of imide groups is 1. The average molecular weight is 608 g/mol. The molecule has 4 heterocycles. The van der Waals surface area contributed by atoms with Gasteiger partial charge in [-0.15, -0.1) is 0 Å². The summed E-state index contributed by atoms with van der Waals surface area (Å²) in [7, 11) is 0. The van der Waals surface area contributed by atoms with Gasteiger partial charge in [0.1, 0.15) is 0 Å². The second kappa shape index (κ2) is 9.89. The van der Waals surface area contributed by atoms with Crippen LogP contribution in [0, 0.1) is 6.92 Å². The number of aromatic nitrogens is 4. The Balaban J connectivity index is 1.28. The van der Waals surface area contributed by atoms with Crippen molar-refractivity contribution < 1.29 is 14.7 Å². The van der Waals surface area contributed by atoms with E-state index in [4.69, 9.17) is 15.1 Å². The summed E-state index contributed by atoms with van der Waals surface area (Å²) in [6, 6.07) is 29.2. The highest BCUT2D eigenvalue weighted by Gasteiger charge is 2.60. The number of amides is 2. The van der Waals surface area contributed by atoms with E-state index in [1.807, 2.05) is 60.0 Å². The SMILES string of the molecule is Cc1nc2cc(C(C)C)nn2c2nc(-c3ccc([C@]4(N5C(=O)c6ccccc6C5=O)C[C@@](C)(O)C4)cc3)c(-c3ccccc3)cc12. The van der Waals surface area contributed by atoms with Gasteiger partial charge in [0.05, 0.1) is 39.3 Å². The van der Waals surface area contributed by atoms with Gasteiger partial charge in [-0.2, -0.15) is 9.61 Å². The molecule has 0 atom stereocenters. The molecule has 1 aliphatic carbocycles. The summed E-state index contributed by atoms with van der Waals surface area (Å²) in [5.74, 6) is -0.402. The van der Waals surface area contributed by atoms with Crippen LogP contribution in [0.3, 0.4) is 0 Å². The normalized spacial score (nSPS) is 21.0. The molecule has 1 N–H and O–H groups in total. The van der Waals surface area contributed by atoms with Crippen LogP contribution >= 0.6 is 0 Å². The van der Waals surface area contributed by atoms with E-state index in [-0.39, 0.29) is 30.6 Å². The molecule has 0 bridgehead atoms. The summed E-state index contributed by atoms with van der Waals surface area (Å²) < 4.78 is 1.83. The zero-order valence-electron chi connectivity index (χ0n) is 26.2. The van der Waals surface area contributed by atoms with Gasteiger partial charge in [-0.3, -0.25) is 14.5 Å². The number of aliphatic hydroxyl groups is 1. The van der Waals surface area contributed by atoms with E-state index in [0.717, 1.165) is 56.0 Å². The molecule has 46 heavy (non-hydrogen) atoms. The van der Waals surface area contributed by atoms with Gasteiger partial charge in [0.25, 0.3) is 11.8 Å². The zero-order valence-corrected chi connectivity index (χ0v) is 26.2. The van der Waals surface area contributed by atoms with Crippen molar-refractivity contribution in [2.24, 2.45) is 0 Å². The van der Waals surface area contributed by atoms with Crippen LogP contribution in [0.2, 0.25) is 0 Å². The first-order valence-corrected chi connectivity index (χ1v) is 15.6. The maximum absolute atomic E-state index is 13.6. The monoisotopic (exact) mass is 607 g/mol. The minimum absolute atomic E-state index is 0.245. The van der Waals surface area contributed by atoms with E-state index in [0.29, 0.717) is 11.1 Å². The lowest BCUT2D eigenvalue weighted by molar-refractivity contribution is -0.118. The fourth-order valence-corrected chi connectivity index (χ4v) is 7.34. The quantitative estimate of drug-likeness (QED) is 0.210. The average Bonchev–Trinajstić information content (AvgIpc) is 3.59. The minimum atomic E-state index is -0.996. The van der Waals surface area contributed by atoms with Gasteiger partial charge in [-0.25, -0.2) is 9.97 Å². The minimum Gasteiger partial charge on any atom is -0.390 e. The van der Waals surface area contributed by atoms with E-state index in [1.54, 1.807) is 31.2 Å². The van der Waals surface area contributed by atoms with E-state index in [9.17, 15) is 14.7 Å². The van der Waals surface area contributed by atoms with E-state index in [1.165, 1.54) is 4.90 Å². The number of carbonyl (C=O) groups is 2. The summed E-state index contributed by atoms with van der Waals surface area (Å²) in [5, 5.41) is 16.7. The maximum Gasteiger partial charge on any atom is 0.262 e. The molecule has 8 heteroatoms. The van der Waals surface area contributed by atoms with Crippen molar-refractivity contribution >= 4 is 28.5 Å². The van der Waals surface area contributed by atoms with Gasteiger partial charge >= 0.3 is 0 Å². The molecule has 228 valence electrons. The molecule has 8 rings (SSSR count). The van der Waals surface area contributed by atoms with Gasteiger partial charge in [0, 0.05) is 35.4 Å². The van der Waals surface area contributed by atoms with E-state index in [2.05, 4.69) is 32.0 Å². The summed E-state index contributed by atoms with van der Waals surface area (Å²) in [5.41, 5.74) is 6.63. The third kappa shape index (κ3) is 4.13. The molecule has 6 aromatic rings. The van der Waals surface area contributed by atoms with Crippen LogP contribution in [-0.2, 0) is 5.54 Å². The smallest absolute Gasteiger partial charge is 0.262 e. The first kappa shape index (κ1) is 28.3. The second-order valence-corrected chi connectivity index (χ2v) is 13.3. The Bertz CT molecular complexity index is 2170. The number of aryl methyl sites for hydroxylation is 1. The van der Waals surface area contributed by atoms with Crippen molar-refractivity contribution in [1.82, 2.24) is 24.5 Å². The van der Waals surface area contributed by atoms with Crippen LogP contribution in [-0.4, -0.2) is 47.0 Å². The molecule has 3 aromatic carbocycles. The number of carbonyl (C=O) groups excluding carboxylic acids is 2. The van der Waals surface area contributed by atoms with Crippen molar-refractivity contribution in [3.05, 3.63) is 119 Å². The number of fused-ring (bicyclic) bond motifs is 4. The first-order chi connectivity index (χ1) is 22.1. The molecule has 1 saturated carbocycles. The molecule has 1 fully saturated rings. The molecule has 2 amide bonds. The van der Waals surface area contributed by atoms with Gasteiger partial charge < -0.3 is 5.11 Å². The predicted molar refractivity (Wildman–Crippen MR) is 176 cm³/mol. The number of rotatable bonds is 5. The Morgan fingerprint density at radius 2 is 1.41 bits per heavy atom. The molecule has 2 aliphatic rings. The molecule has 0 unspecified atom stereocenters. The van der Waals surface area contributed by atoms with Crippen molar-refractivity contribution in [3.63, 3.8) is 0 Å². The Morgan fingerprint density at radius 1 is 0.783 bits per heavy atom. The lowest BCUT2D eigenvalue weighted by Gasteiger charge is -2.55. The van der Waals surface area contributed by atoms with Gasteiger partial charge in [-0.1, -0.05) is 80.6 Å². The summed E-state index contributed by atoms with van der Waals surface area (Å²) in [4.78, 5) is 38.7. The van der Waals surface area contributed by atoms with Gasteiger partial charge in [-0.05, 0) is 49.1 Å². The van der Waals surface area contributed by atoms with Crippen LogP contribution in [0.15, 0.2) is 91.0 Å². The molecular weight excluding hydrogens is 574 g/mol. The van der Waals surface area contributed by atoms with Gasteiger partial charge in [0.2, 0.25) is 0 Å². The number of nitrogens with zero attached hydrogens (tertiary/aromatic N) is 5. The fraction of sp³-hybridized carbons (Fsp3) is 0.237. The Hall–Kier alpha value is -5.21. The van der Waals surface area contributed by atoms with Crippen molar-refractivity contribution in [2.45, 2.75) is 57.6 Å². The molecular formula is C38H33N5O3. The van der Waals surface area contributed by atoms with Crippen molar-refractivity contribution in [3.8, 4) is 22.4 Å². The topological polar surface area (TPSA) is 101 Å². The number of benzene rings is 3. The van der Waals surface area contributed by atoms with Crippen LogP contribution in [0.5, 0.6) is 0 Å². The third-order valence-electron chi connectivity index (χ3n) is 9.53. The fourth-order valence-electron chi connectivity index (χ4n) is 7.34. The first-order valence-electron chi connectivity index (χ1n) is 15.6. The predicted octanol–water partition coefficient (Wildman–Crippen LogP) is 7.08. The molecule has 0 spiro atoms.